The topological polar surface area (TPSA) is 60.0 Å². The van der Waals surface area contributed by atoms with Crippen molar-refractivity contribution in [3.8, 4) is 17.4 Å². The fraction of sp³-hybridized carbons (Fsp3) is 0.391. The number of nitrogens with zero attached hydrogens (tertiary/aromatic N) is 4. The second-order valence-corrected chi connectivity index (χ2v) is 8.71. The van der Waals surface area contributed by atoms with Gasteiger partial charge in [-0.25, -0.2) is 4.98 Å². The molecule has 8 heteroatoms. The molecule has 0 atom stereocenters. The summed E-state index contributed by atoms with van der Waals surface area (Å²) in [5, 5.41) is 2.13. The number of methoxy groups -OCH3 is 1. The Labute approximate surface area is 186 Å². The molecule has 2 aliphatic rings. The lowest BCUT2D eigenvalue weighted by Gasteiger charge is -2.31. The van der Waals surface area contributed by atoms with Crippen LogP contribution < -0.4 is 14.4 Å². The van der Waals surface area contributed by atoms with Crippen LogP contribution in [-0.4, -0.2) is 54.8 Å². The van der Waals surface area contributed by atoms with Gasteiger partial charge in [-0.1, -0.05) is 12.1 Å². The van der Waals surface area contributed by atoms with Gasteiger partial charge in [-0.2, -0.15) is 4.98 Å². The van der Waals surface area contributed by atoms with Crippen molar-refractivity contribution in [3.63, 3.8) is 0 Å². The third-order valence-corrected chi connectivity index (χ3v) is 6.46. The number of hydrogen-bond donors (Lipinski definition) is 0. The zero-order valence-electron chi connectivity index (χ0n) is 17.6. The van der Waals surface area contributed by atoms with Crippen molar-refractivity contribution in [2.45, 2.75) is 19.5 Å². The van der Waals surface area contributed by atoms with E-state index in [1.165, 1.54) is 4.88 Å². The summed E-state index contributed by atoms with van der Waals surface area (Å²) in [6, 6.07) is 11.9. The van der Waals surface area contributed by atoms with E-state index in [1.54, 1.807) is 18.4 Å². The Kier molecular flexibility index (Phi) is 6.01. The molecule has 2 aliphatic heterocycles. The average Bonchev–Trinajstić information content (AvgIpc) is 3.33. The minimum atomic E-state index is 0.635. The molecule has 7 nitrogen and oxygen atoms in total. The van der Waals surface area contributed by atoms with Gasteiger partial charge in [0.05, 0.1) is 31.6 Å². The Hall–Kier alpha value is -2.68. The molecule has 0 radical (unpaired) electrons. The van der Waals surface area contributed by atoms with Gasteiger partial charge in [0.15, 0.2) is 0 Å². The van der Waals surface area contributed by atoms with E-state index in [1.807, 2.05) is 24.3 Å². The van der Waals surface area contributed by atoms with Crippen LogP contribution in [0.3, 0.4) is 0 Å². The molecule has 31 heavy (non-hydrogen) atoms. The zero-order chi connectivity index (χ0) is 21.0. The van der Waals surface area contributed by atoms with Gasteiger partial charge in [0.2, 0.25) is 11.8 Å². The number of anilines is 1. The van der Waals surface area contributed by atoms with E-state index in [2.05, 4.69) is 27.3 Å². The van der Waals surface area contributed by atoms with Crippen molar-refractivity contribution in [1.29, 1.82) is 0 Å². The highest BCUT2D eigenvalue weighted by Gasteiger charge is 2.26. The molecule has 3 aromatic rings. The molecule has 1 fully saturated rings. The first-order chi connectivity index (χ1) is 15.3. The van der Waals surface area contributed by atoms with E-state index in [0.717, 1.165) is 62.1 Å². The van der Waals surface area contributed by atoms with Gasteiger partial charge < -0.3 is 19.1 Å². The fourth-order valence-corrected chi connectivity index (χ4v) is 4.70. The summed E-state index contributed by atoms with van der Waals surface area (Å²) in [7, 11) is 1.66. The van der Waals surface area contributed by atoms with Crippen molar-refractivity contribution in [2.24, 2.45) is 0 Å². The second kappa shape index (κ2) is 9.21. The Morgan fingerprint density at radius 1 is 1.06 bits per heavy atom. The van der Waals surface area contributed by atoms with Crippen LogP contribution in [0.4, 0.5) is 5.95 Å². The van der Waals surface area contributed by atoms with E-state index in [4.69, 9.17) is 24.2 Å². The Bertz CT molecular complexity index is 1020. The first kappa shape index (κ1) is 20.2. The Morgan fingerprint density at radius 2 is 1.94 bits per heavy atom. The van der Waals surface area contributed by atoms with Crippen molar-refractivity contribution < 1.29 is 14.2 Å². The summed E-state index contributed by atoms with van der Waals surface area (Å²) < 4.78 is 17.2. The van der Waals surface area contributed by atoms with Crippen molar-refractivity contribution in [2.75, 3.05) is 44.9 Å². The van der Waals surface area contributed by atoms with Crippen LogP contribution >= 0.6 is 11.3 Å². The van der Waals surface area contributed by atoms with Gasteiger partial charge in [-0.3, -0.25) is 4.90 Å². The smallest absolute Gasteiger partial charge is 0.229 e. The highest BCUT2D eigenvalue weighted by Crippen LogP contribution is 2.33. The highest BCUT2D eigenvalue weighted by molar-refractivity contribution is 7.09. The summed E-state index contributed by atoms with van der Waals surface area (Å²) in [6.45, 7) is 5.66. The van der Waals surface area contributed by atoms with Gasteiger partial charge in [0.1, 0.15) is 11.5 Å². The number of hydrogen-bond acceptors (Lipinski definition) is 8. The number of ether oxygens (including phenoxy) is 3. The number of morpholine rings is 1. The molecule has 1 aromatic carbocycles. The zero-order valence-corrected chi connectivity index (χ0v) is 18.4. The standard InChI is InChI=1S/C23H26N4O3S/c1-28-17-4-2-5-18(14-17)30-22-20-16-26(15-19-6-3-13-31-19)8-7-21(20)24-23(25-22)27-9-11-29-12-10-27/h2-6,13-14H,7-12,15-16H2,1H3. The van der Waals surface area contributed by atoms with Crippen LogP contribution in [0.2, 0.25) is 0 Å². The van der Waals surface area contributed by atoms with Crippen LogP contribution in [0, 0.1) is 0 Å². The van der Waals surface area contributed by atoms with E-state index in [-0.39, 0.29) is 0 Å². The highest BCUT2D eigenvalue weighted by atomic mass is 32.1. The third kappa shape index (κ3) is 4.66. The molecule has 4 heterocycles. The first-order valence-electron chi connectivity index (χ1n) is 10.6. The maximum absolute atomic E-state index is 6.32. The predicted molar refractivity (Wildman–Crippen MR) is 120 cm³/mol. The number of thiophene rings is 1. The lowest BCUT2D eigenvalue weighted by molar-refractivity contribution is 0.122. The number of rotatable bonds is 6. The Balaban J connectivity index is 1.46. The lowest BCUT2D eigenvalue weighted by Crippen LogP contribution is -2.38. The van der Waals surface area contributed by atoms with E-state index in [9.17, 15) is 0 Å². The minimum Gasteiger partial charge on any atom is -0.497 e. The van der Waals surface area contributed by atoms with Gasteiger partial charge in [-0.15, -0.1) is 11.3 Å². The number of fused-ring (bicyclic) bond motifs is 1. The van der Waals surface area contributed by atoms with Crippen LogP contribution in [-0.2, 0) is 24.2 Å². The fourth-order valence-electron chi connectivity index (χ4n) is 3.95. The summed E-state index contributed by atoms with van der Waals surface area (Å²) in [4.78, 5) is 15.8. The lowest BCUT2D eigenvalue weighted by atomic mass is 10.1. The molecule has 2 aromatic heterocycles. The van der Waals surface area contributed by atoms with Gasteiger partial charge in [0, 0.05) is 50.1 Å². The van der Waals surface area contributed by atoms with Crippen molar-refractivity contribution in [1.82, 2.24) is 14.9 Å². The van der Waals surface area contributed by atoms with Crippen molar-refractivity contribution >= 4 is 17.3 Å². The molecule has 1 saturated heterocycles. The van der Waals surface area contributed by atoms with Crippen LogP contribution in [0.25, 0.3) is 0 Å². The molecule has 0 unspecified atom stereocenters. The van der Waals surface area contributed by atoms with Crippen LogP contribution in [0.1, 0.15) is 16.1 Å². The quantitative estimate of drug-likeness (QED) is 0.581. The van der Waals surface area contributed by atoms with E-state index < -0.39 is 0 Å². The van der Waals surface area contributed by atoms with E-state index in [0.29, 0.717) is 24.8 Å². The molecule has 0 bridgehead atoms. The van der Waals surface area contributed by atoms with Crippen LogP contribution in [0.15, 0.2) is 41.8 Å². The van der Waals surface area contributed by atoms with E-state index >= 15 is 0 Å². The maximum Gasteiger partial charge on any atom is 0.229 e. The molecule has 162 valence electrons. The summed E-state index contributed by atoms with van der Waals surface area (Å²) >= 11 is 1.79. The predicted octanol–water partition coefficient (Wildman–Crippen LogP) is 3.73. The normalized spacial score (nSPS) is 16.7. The second-order valence-electron chi connectivity index (χ2n) is 7.67. The van der Waals surface area contributed by atoms with Crippen molar-refractivity contribution in [3.05, 3.63) is 57.9 Å². The van der Waals surface area contributed by atoms with Gasteiger partial charge in [-0.05, 0) is 23.6 Å². The molecule has 0 amide bonds. The van der Waals surface area contributed by atoms with Crippen LogP contribution in [0.5, 0.6) is 17.4 Å². The SMILES string of the molecule is COc1cccc(Oc2nc(N3CCOCC3)nc3c2CN(Cc2cccs2)CC3)c1. The molecule has 0 N–H and O–H groups in total. The summed E-state index contributed by atoms with van der Waals surface area (Å²) in [5.74, 6) is 2.83. The molecule has 5 rings (SSSR count). The largest absolute Gasteiger partial charge is 0.497 e. The number of benzene rings is 1. The molecular formula is C23H26N4O3S. The first-order valence-corrected chi connectivity index (χ1v) is 11.5. The summed E-state index contributed by atoms with van der Waals surface area (Å²) in [5.41, 5.74) is 2.15. The monoisotopic (exact) mass is 438 g/mol. The Morgan fingerprint density at radius 3 is 2.74 bits per heavy atom. The third-order valence-electron chi connectivity index (χ3n) is 5.60. The summed E-state index contributed by atoms with van der Waals surface area (Å²) in [6.07, 6.45) is 0.884. The minimum absolute atomic E-state index is 0.635. The number of aromatic nitrogens is 2. The molecule has 0 spiro atoms. The molecule has 0 aliphatic carbocycles. The molecule has 0 saturated carbocycles. The molecular weight excluding hydrogens is 412 g/mol. The maximum atomic E-state index is 6.32. The van der Waals surface area contributed by atoms with Gasteiger partial charge in [0.25, 0.3) is 0 Å². The average molecular weight is 439 g/mol. The van der Waals surface area contributed by atoms with Gasteiger partial charge >= 0.3 is 0 Å².